The average molecular weight is 252 g/mol. The molecule has 1 fully saturated rings. The summed E-state index contributed by atoms with van der Waals surface area (Å²) >= 11 is 4.86. The van der Waals surface area contributed by atoms with Gasteiger partial charge in [0.1, 0.15) is 5.41 Å². The molecule has 0 radical (unpaired) electrons. The highest BCUT2D eigenvalue weighted by Crippen LogP contribution is 2.31. The maximum atomic E-state index is 12.0. The van der Waals surface area contributed by atoms with Gasteiger partial charge in [-0.05, 0) is 12.8 Å². The van der Waals surface area contributed by atoms with Gasteiger partial charge in [0.25, 0.3) is 6.43 Å². The summed E-state index contributed by atoms with van der Waals surface area (Å²) in [7, 11) is 0. The summed E-state index contributed by atoms with van der Waals surface area (Å²) in [6, 6.07) is 0. The highest BCUT2D eigenvalue weighted by molar-refractivity contribution is 7.80. The number of carbonyl (C=O) groups is 1. The van der Waals surface area contributed by atoms with Crippen LogP contribution in [0.5, 0.6) is 0 Å². The molecule has 0 aromatic rings. The predicted molar refractivity (Wildman–Crippen MR) is 58.3 cm³/mol. The summed E-state index contributed by atoms with van der Waals surface area (Å²) in [5.41, 5.74) is 4.51. The van der Waals surface area contributed by atoms with E-state index in [1.807, 2.05) is 0 Å². The Labute approximate surface area is 97.5 Å². The van der Waals surface area contributed by atoms with Gasteiger partial charge in [-0.2, -0.15) is 0 Å². The van der Waals surface area contributed by atoms with Gasteiger partial charge in [0.05, 0.1) is 11.5 Å². The van der Waals surface area contributed by atoms with Crippen molar-refractivity contribution in [3.8, 4) is 0 Å². The maximum Gasteiger partial charge on any atom is 0.255 e. The quantitative estimate of drug-likeness (QED) is 0.713. The van der Waals surface area contributed by atoms with Crippen molar-refractivity contribution < 1.29 is 18.3 Å². The molecule has 0 atom stereocenters. The van der Waals surface area contributed by atoms with E-state index in [4.69, 9.17) is 22.7 Å². The number of amides is 1. The first-order valence-electron chi connectivity index (χ1n) is 4.93. The van der Waals surface area contributed by atoms with Gasteiger partial charge in [-0.15, -0.1) is 0 Å². The van der Waals surface area contributed by atoms with Crippen LogP contribution in [0.4, 0.5) is 8.78 Å². The lowest BCUT2D eigenvalue weighted by atomic mass is 9.79. The second kappa shape index (κ2) is 5.49. The molecule has 1 rings (SSSR count). The SMILES string of the molecule is NC(=S)C1(C(=O)NCC(F)F)CCOCC1. The Hall–Kier alpha value is -0.820. The molecule has 4 nitrogen and oxygen atoms in total. The summed E-state index contributed by atoms with van der Waals surface area (Å²) in [6.45, 7) is 0.0446. The van der Waals surface area contributed by atoms with E-state index >= 15 is 0 Å². The van der Waals surface area contributed by atoms with E-state index in [1.54, 1.807) is 0 Å². The molecule has 0 unspecified atom stereocenters. The zero-order valence-electron chi connectivity index (χ0n) is 8.67. The minimum atomic E-state index is -2.58. The van der Waals surface area contributed by atoms with Crippen molar-refractivity contribution in [1.82, 2.24) is 5.32 Å². The van der Waals surface area contributed by atoms with Gasteiger partial charge < -0.3 is 15.8 Å². The summed E-state index contributed by atoms with van der Waals surface area (Å²) in [5, 5.41) is 2.16. The fourth-order valence-electron chi connectivity index (χ4n) is 1.64. The van der Waals surface area contributed by atoms with Crippen LogP contribution in [0.2, 0.25) is 0 Å². The lowest BCUT2D eigenvalue weighted by Crippen LogP contribution is -2.52. The first-order valence-corrected chi connectivity index (χ1v) is 5.34. The number of ether oxygens (including phenoxy) is 1. The number of rotatable bonds is 4. The minimum absolute atomic E-state index is 0.0440. The Balaban J connectivity index is 2.69. The second-order valence-corrected chi connectivity index (χ2v) is 4.10. The minimum Gasteiger partial charge on any atom is -0.392 e. The highest BCUT2D eigenvalue weighted by atomic mass is 32.1. The summed E-state index contributed by atoms with van der Waals surface area (Å²) in [5.74, 6) is -0.524. The molecule has 0 aromatic carbocycles. The van der Waals surface area contributed by atoms with E-state index in [2.05, 4.69) is 5.32 Å². The number of hydrogen-bond acceptors (Lipinski definition) is 3. The molecule has 0 spiro atoms. The van der Waals surface area contributed by atoms with Crippen LogP contribution in [0.25, 0.3) is 0 Å². The van der Waals surface area contributed by atoms with Crippen LogP contribution >= 0.6 is 12.2 Å². The molecule has 3 N–H and O–H groups in total. The van der Waals surface area contributed by atoms with E-state index in [1.165, 1.54) is 0 Å². The van der Waals surface area contributed by atoms with Crippen molar-refractivity contribution in [3.63, 3.8) is 0 Å². The third-order valence-corrected chi connectivity index (χ3v) is 3.06. The monoisotopic (exact) mass is 252 g/mol. The molecule has 1 heterocycles. The second-order valence-electron chi connectivity index (χ2n) is 3.66. The molecule has 16 heavy (non-hydrogen) atoms. The molecule has 1 saturated heterocycles. The summed E-state index contributed by atoms with van der Waals surface area (Å²) < 4.78 is 29.1. The zero-order chi connectivity index (χ0) is 12.2. The van der Waals surface area contributed by atoms with Crippen molar-refractivity contribution in [2.45, 2.75) is 19.3 Å². The van der Waals surface area contributed by atoms with Crippen LogP contribution in [0.1, 0.15) is 12.8 Å². The zero-order valence-corrected chi connectivity index (χ0v) is 9.49. The van der Waals surface area contributed by atoms with Crippen molar-refractivity contribution in [3.05, 3.63) is 0 Å². The van der Waals surface area contributed by atoms with Crippen molar-refractivity contribution >= 4 is 23.1 Å². The summed E-state index contributed by atoms with van der Waals surface area (Å²) in [4.78, 5) is 11.8. The molecule has 7 heteroatoms. The molecule has 0 aliphatic carbocycles. The van der Waals surface area contributed by atoms with Gasteiger partial charge in [0, 0.05) is 13.2 Å². The summed E-state index contributed by atoms with van der Waals surface area (Å²) in [6.07, 6.45) is -1.89. The highest BCUT2D eigenvalue weighted by Gasteiger charge is 2.42. The fraction of sp³-hybridized carbons (Fsp3) is 0.778. The molecular formula is C9H14F2N2O2S. The third-order valence-electron chi connectivity index (χ3n) is 2.67. The molecule has 0 aromatic heterocycles. The maximum absolute atomic E-state index is 12.0. The number of thiocarbonyl (C=S) groups is 1. The number of hydrogen-bond donors (Lipinski definition) is 2. The first-order chi connectivity index (χ1) is 7.49. The van der Waals surface area contributed by atoms with Crippen LogP contribution < -0.4 is 11.1 Å². The van der Waals surface area contributed by atoms with Crippen LogP contribution in [0, 0.1) is 5.41 Å². The number of alkyl halides is 2. The Morgan fingerprint density at radius 1 is 1.50 bits per heavy atom. The molecule has 92 valence electrons. The molecule has 1 aliphatic rings. The van der Waals surface area contributed by atoms with E-state index in [9.17, 15) is 13.6 Å². The largest absolute Gasteiger partial charge is 0.392 e. The lowest BCUT2D eigenvalue weighted by Gasteiger charge is -2.34. The van der Waals surface area contributed by atoms with E-state index in [0.29, 0.717) is 26.1 Å². The van der Waals surface area contributed by atoms with Crippen molar-refractivity contribution in [2.75, 3.05) is 19.8 Å². The Bertz CT molecular complexity index is 281. The molecule has 1 aliphatic heterocycles. The van der Waals surface area contributed by atoms with Crippen molar-refractivity contribution in [2.24, 2.45) is 11.1 Å². The van der Waals surface area contributed by atoms with Gasteiger partial charge in [-0.25, -0.2) is 8.78 Å². The Morgan fingerprint density at radius 3 is 2.50 bits per heavy atom. The smallest absolute Gasteiger partial charge is 0.255 e. The van der Waals surface area contributed by atoms with Gasteiger partial charge in [-0.3, -0.25) is 4.79 Å². The number of carbonyl (C=O) groups excluding carboxylic acids is 1. The van der Waals surface area contributed by atoms with Crippen molar-refractivity contribution in [1.29, 1.82) is 0 Å². The van der Waals surface area contributed by atoms with E-state index < -0.39 is 24.3 Å². The van der Waals surface area contributed by atoms with Crippen LogP contribution in [0.15, 0.2) is 0 Å². The van der Waals surface area contributed by atoms with Crippen LogP contribution in [-0.4, -0.2) is 37.1 Å². The predicted octanol–water partition coefficient (Wildman–Crippen LogP) is 0.451. The van der Waals surface area contributed by atoms with Gasteiger partial charge >= 0.3 is 0 Å². The Morgan fingerprint density at radius 2 is 2.06 bits per heavy atom. The standard InChI is InChI=1S/C9H14F2N2O2S/c10-6(11)5-13-8(14)9(7(12)16)1-3-15-4-2-9/h6H,1-5H2,(H2,12,16)(H,13,14). The van der Waals surface area contributed by atoms with Gasteiger partial charge in [0.2, 0.25) is 5.91 Å². The molecule has 0 bridgehead atoms. The number of halogens is 2. The van der Waals surface area contributed by atoms with Crippen LogP contribution in [0.3, 0.4) is 0 Å². The molecule has 0 saturated carbocycles. The topological polar surface area (TPSA) is 64.4 Å². The molecular weight excluding hydrogens is 238 g/mol. The van der Waals surface area contributed by atoms with Gasteiger partial charge in [0.15, 0.2) is 0 Å². The van der Waals surface area contributed by atoms with Crippen LogP contribution in [-0.2, 0) is 9.53 Å². The molecule has 1 amide bonds. The van der Waals surface area contributed by atoms with E-state index in [0.717, 1.165) is 0 Å². The first kappa shape index (κ1) is 13.2. The average Bonchev–Trinajstić information content (AvgIpc) is 2.26. The number of nitrogens with two attached hydrogens (primary N) is 1. The Kier molecular flexibility index (Phi) is 4.55. The number of nitrogens with one attached hydrogen (secondary N) is 1. The lowest BCUT2D eigenvalue weighted by molar-refractivity contribution is -0.132. The van der Waals surface area contributed by atoms with E-state index in [-0.39, 0.29) is 4.99 Å². The van der Waals surface area contributed by atoms with Gasteiger partial charge in [-0.1, -0.05) is 12.2 Å². The fourth-order valence-corrected chi connectivity index (χ4v) is 1.94. The third kappa shape index (κ3) is 2.85. The normalized spacial score (nSPS) is 19.4.